The van der Waals surface area contributed by atoms with E-state index in [0.717, 1.165) is 18.2 Å². The summed E-state index contributed by atoms with van der Waals surface area (Å²) in [6, 6.07) is 6.00. The average molecular weight is 423 g/mol. The highest BCUT2D eigenvalue weighted by Gasteiger charge is 2.39. The van der Waals surface area contributed by atoms with E-state index < -0.39 is 35.4 Å². The van der Waals surface area contributed by atoms with E-state index in [1.807, 2.05) is 0 Å². The van der Waals surface area contributed by atoms with Gasteiger partial charge in [-0.1, -0.05) is 42.0 Å². The predicted octanol–water partition coefficient (Wildman–Crippen LogP) is 6.72. The summed E-state index contributed by atoms with van der Waals surface area (Å²) in [4.78, 5) is 10.9. The Bertz CT molecular complexity index is 916. The van der Waals surface area contributed by atoms with Crippen LogP contribution in [0.5, 0.6) is 0 Å². The van der Waals surface area contributed by atoms with Crippen molar-refractivity contribution >= 4 is 23.6 Å². The first kappa shape index (κ1) is 21.8. The lowest BCUT2D eigenvalue weighted by Crippen LogP contribution is -2.19. The van der Waals surface area contributed by atoms with E-state index in [2.05, 4.69) is 0 Å². The Morgan fingerprint density at radius 3 is 2.21 bits per heavy atom. The van der Waals surface area contributed by atoms with Crippen LogP contribution in [0.25, 0.3) is 6.08 Å². The number of allylic oxidation sites excluding steroid dienone is 1. The van der Waals surface area contributed by atoms with E-state index in [1.54, 1.807) is 6.92 Å². The topological polar surface area (TPSA) is 37.3 Å². The molecular weight excluding hydrogens is 410 g/mol. The molecule has 2 nitrogen and oxygen atoms in total. The summed E-state index contributed by atoms with van der Waals surface area (Å²) in [5.74, 6) is -3.88. The molecule has 0 saturated carbocycles. The zero-order valence-corrected chi connectivity index (χ0v) is 15.0. The number of aromatic carboxylic acids is 1. The first-order valence-electron chi connectivity index (χ1n) is 7.76. The van der Waals surface area contributed by atoms with Crippen LogP contribution in [0.3, 0.4) is 0 Å². The van der Waals surface area contributed by atoms with Crippen molar-refractivity contribution in [2.75, 3.05) is 0 Å². The first-order chi connectivity index (χ1) is 12.8. The van der Waals surface area contributed by atoms with E-state index in [0.29, 0.717) is 23.8 Å². The fraction of sp³-hybridized carbons (Fsp3) is 0.211. The van der Waals surface area contributed by atoms with Crippen LogP contribution >= 0.6 is 11.6 Å². The maximum Gasteiger partial charge on any atom is 0.417 e. The summed E-state index contributed by atoms with van der Waals surface area (Å²) in [5.41, 5.74) is -2.23. The minimum Gasteiger partial charge on any atom is -0.478 e. The van der Waals surface area contributed by atoms with Crippen molar-refractivity contribution in [1.29, 1.82) is 0 Å². The fourth-order valence-corrected chi connectivity index (χ4v) is 2.69. The smallest absolute Gasteiger partial charge is 0.417 e. The molecule has 0 aliphatic carbocycles. The second kappa shape index (κ2) is 7.87. The minimum atomic E-state index is -4.97. The third kappa shape index (κ3) is 5.07. The summed E-state index contributed by atoms with van der Waals surface area (Å²) in [6.07, 6.45) is -8.10. The second-order valence-electron chi connectivity index (χ2n) is 5.99. The Labute approximate surface area is 161 Å². The van der Waals surface area contributed by atoms with Gasteiger partial charge in [0.1, 0.15) is 0 Å². The molecule has 0 fully saturated rings. The van der Waals surface area contributed by atoms with Crippen molar-refractivity contribution in [3.63, 3.8) is 0 Å². The van der Waals surface area contributed by atoms with Crippen LogP contribution < -0.4 is 0 Å². The molecule has 0 radical (unpaired) electrons. The lowest BCUT2D eigenvalue weighted by molar-refractivity contribution is -0.139. The molecule has 0 aliphatic rings. The minimum absolute atomic E-state index is 0.130. The SMILES string of the molecule is Cc1ccc(C(C=Cc2ccc(C(=O)O)c(C(F)(F)F)c2)C(F)(F)F)cc1Cl. The molecule has 0 aliphatic heterocycles. The molecule has 2 aromatic carbocycles. The molecular formula is C19H13ClF6O2. The van der Waals surface area contributed by atoms with Crippen LogP contribution in [0.15, 0.2) is 42.5 Å². The number of rotatable bonds is 4. The second-order valence-corrected chi connectivity index (χ2v) is 6.40. The Morgan fingerprint density at radius 1 is 1.07 bits per heavy atom. The lowest BCUT2D eigenvalue weighted by atomic mass is 9.95. The number of carboxylic acid groups (broad SMARTS) is 1. The van der Waals surface area contributed by atoms with Crippen molar-refractivity contribution in [1.82, 2.24) is 0 Å². The molecule has 0 aromatic heterocycles. The zero-order valence-electron chi connectivity index (χ0n) is 14.2. The van der Waals surface area contributed by atoms with E-state index >= 15 is 0 Å². The van der Waals surface area contributed by atoms with Crippen LogP contribution in [0.2, 0.25) is 5.02 Å². The summed E-state index contributed by atoms with van der Waals surface area (Å²) in [5, 5.41) is 8.99. The quantitative estimate of drug-likeness (QED) is 0.555. The Morgan fingerprint density at radius 2 is 1.71 bits per heavy atom. The lowest BCUT2D eigenvalue weighted by Gasteiger charge is -2.18. The van der Waals surface area contributed by atoms with Gasteiger partial charge in [-0.05, 0) is 41.8 Å². The highest BCUT2D eigenvalue weighted by Crippen LogP contribution is 2.38. The molecule has 2 rings (SSSR count). The van der Waals surface area contributed by atoms with Crippen LogP contribution in [-0.2, 0) is 6.18 Å². The third-order valence-electron chi connectivity index (χ3n) is 3.97. The van der Waals surface area contributed by atoms with Gasteiger partial charge in [0, 0.05) is 5.02 Å². The number of carbonyl (C=O) groups is 1. The molecule has 0 saturated heterocycles. The zero-order chi connectivity index (χ0) is 21.3. The van der Waals surface area contributed by atoms with Gasteiger partial charge in [0.2, 0.25) is 0 Å². The van der Waals surface area contributed by atoms with Gasteiger partial charge >= 0.3 is 18.3 Å². The number of benzene rings is 2. The van der Waals surface area contributed by atoms with Crippen LogP contribution in [0.4, 0.5) is 26.3 Å². The monoisotopic (exact) mass is 422 g/mol. The standard InChI is InChI=1S/C19H13ClF6O2/c1-10-2-5-12(9-16(10)20)14(18(21,22)23)7-4-11-3-6-13(17(27)28)15(8-11)19(24,25)26/h2-9,14H,1H3,(H,27,28). The highest BCUT2D eigenvalue weighted by atomic mass is 35.5. The average Bonchev–Trinajstić information content (AvgIpc) is 2.56. The Kier molecular flexibility index (Phi) is 6.13. The fourth-order valence-electron chi connectivity index (χ4n) is 2.51. The number of hydrogen-bond donors (Lipinski definition) is 1. The maximum absolute atomic E-state index is 13.4. The van der Waals surface area contributed by atoms with Gasteiger partial charge < -0.3 is 5.11 Å². The molecule has 0 bridgehead atoms. The summed E-state index contributed by atoms with van der Waals surface area (Å²) in [7, 11) is 0. The van der Waals surface area contributed by atoms with Crippen molar-refractivity contribution in [2.24, 2.45) is 0 Å². The van der Waals surface area contributed by atoms with E-state index in [9.17, 15) is 31.1 Å². The molecule has 150 valence electrons. The van der Waals surface area contributed by atoms with E-state index in [4.69, 9.17) is 16.7 Å². The molecule has 1 atom stereocenters. The van der Waals surface area contributed by atoms with Gasteiger partial charge in [0.05, 0.1) is 17.0 Å². The predicted molar refractivity (Wildman–Crippen MR) is 92.4 cm³/mol. The summed E-state index contributed by atoms with van der Waals surface area (Å²) in [6.45, 7) is 1.62. The number of carboxylic acids is 1. The van der Waals surface area contributed by atoms with Crippen molar-refractivity contribution < 1.29 is 36.2 Å². The highest BCUT2D eigenvalue weighted by molar-refractivity contribution is 6.31. The molecule has 0 amide bonds. The Balaban J connectivity index is 2.48. The van der Waals surface area contributed by atoms with Crippen LogP contribution in [-0.4, -0.2) is 17.3 Å². The first-order valence-corrected chi connectivity index (χ1v) is 8.14. The number of halogens is 7. The molecule has 0 spiro atoms. The summed E-state index contributed by atoms with van der Waals surface area (Å²) < 4.78 is 79.4. The van der Waals surface area contributed by atoms with Crippen molar-refractivity contribution in [3.05, 3.63) is 75.3 Å². The van der Waals surface area contributed by atoms with E-state index in [1.165, 1.54) is 12.1 Å². The third-order valence-corrected chi connectivity index (χ3v) is 4.38. The number of hydrogen-bond acceptors (Lipinski definition) is 1. The number of aryl methyl sites for hydroxylation is 1. The van der Waals surface area contributed by atoms with Crippen LogP contribution in [0, 0.1) is 6.92 Å². The maximum atomic E-state index is 13.4. The van der Waals surface area contributed by atoms with Gasteiger partial charge in [-0.25, -0.2) is 4.79 Å². The van der Waals surface area contributed by atoms with Gasteiger partial charge in [-0.15, -0.1) is 0 Å². The molecule has 9 heteroatoms. The largest absolute Gasteiger partial charge is 0.478 e. The van der Waals surface area contributed by atoms with Crippen molar-refractivity contribution in [2.45, 2.75) is 25.2 Å². The molecule has 1 N–H and O–H groups in total. The van der Waals surface area contributed by atoms with Gasteiger partial charge in [0.15, 0.2) is 0 Å². The molecule has 1 unspecified atom stereocenters. The van der Waals surface area contributed by atoms with Crippen LogP contribution in [0.1, 0.15) is 38.5 Å². The number of alkyl halides is 6. The Hall–Kier alpha value is -2.48. The molecule has 28 heavy (non-hydrogen) atoms. The van der Waals surface area contributed by atoms with Gasteiger partial charge in [-0.2, -0.15) is 26.3 Å². The van der Waals surface area contributed by atoms with Gasteiger partial charge in [0.25, 0.3) is 0 Å². The molecule has 2 aromatic rings. The normalized spacial score (nSPS) is 13.7. The van der Waals surface area contributed by atoms with Crippen molar-refractivity contribution in [3.8, 4) is 0 Å². The van der Waals surface area contributed by atoms with Gasteiger partial charge in [-0.3, -0.25) is 0 Å². The van der Waals surface area contributed by atoms with E-state index in [-0.39, 0.29) is 16.1 Å². The summed E-state index contributed by atoms with van der Waals surface area (Å²) >= 11 is 5.87. The molecule has 0 heterocycles.